The quantitative estimate of drug-likeness (QED) is 0.148. The van der Waals surface area contributed by atoms with E-state index in [9.17, 15) is 0 Å². The van der Waals surface area contributed by atoms with E-state index in [0.717, 1.165) is 11.6 Å². The van der Waals surface area contributed by atoms with Gasteiger partial charge in [0, 0.05) is 0 Å². The SMILES string of the molecule is CCCCCCCCCCCC(=C(C)[Si](O[SiH3])(O[SiH3])C(O[SiH3])(O[SiH3])O[SiH3])c1ccccc1. The summed E-state index contributed by atoms with van der Waals surface area (Å²) in [7, 11) is -0.441. The van der Waals surface area contributed by atoms with Gasteiger partial charge in [-0.15, -0.1) is 0 Å². The molecule has 184 valence electrons. The Bertz CT molecular complexity index is 645. The maximum atomic E-state index is 6.31. The van der Waals surface area contributed by atoms with Crippen molar-refractivity contribution in [1.82, 2.24) is 0 Å². The summed E-state index contributed by atoms with van der Waals surface area (Å²) in [6, 6.07) is 10.7. The van der Waals surface area contributed by atoms with E-state index in [1.807, 2.05) is 0 Å². The van der Waals surface area contributed by atoms with Crippen molar-refractivity contribution in [3.63, 3.8) is 0 Å². The van der Waals surface area contributed by atoms with Crippen LogP contribution in [0, 0.1) is 0 Å². The maximum absolute atomic E-state index is 6.31. The first kappa shape index (κ1) is 30.1. The molecule has 0 aliphatic rings. The molecule has 0 N–H and O–H groups in total. The van der Waals surface area contributed by atoms with Crippen LogP contribution in [0.2, 0.25) is 0 Å². The molecule has 0 unspecified atom stereocenters. The van der Waals surface area contributed by atoms with Crippen LogP contribution in [0.25, 0.3) is 5.57 Å². The lowest BCUT2D eigenvalue weighted by Gasteiger charge is -2.45. The van der Waals surface area contributed by atoms with Crippen LogP contribution in [0.4, 0.5) is 0 Å². The number of rotatable bonds is 18. The van der Waals surface area contributed by atoms with Crippen LogP contribution in [-0.2, 0) is 21.5 Å². The van der Waals surface area contributed by atoms with Crippen molar-refractivity contribution in [2.24, 2.45) is 0 Å². The Balaban J connectivity index is 3.08. The molecular formula is C21H46O5Si6. The van der Waals surface area contributed by atoms with E-state index < -0.39 is 14.2 Å². The largest absolute Gasteiger partial charge is 0.443 e. The lowest BCUT2D eigenvalue weighted by molar-refractivity contribution is -0.203. The van der Waals surface area contributed by atoms with Crippen molar-refractivity contribution in [1.29, 1.82) is 0 Å². The van der Waals surface area contributed by atoms with Gasteiger partial charge in [0.05, 0.1) is 0 Å². The predicted molar refractivity (Wildman–Crippen MR) is 154 cm³/mol. The van der Waals surface area contributed by atoms with E-state index in [1.165, 1.54) is 68.9 Å². The Kier molecular flexibility index (Phi) is 15.7. The predicted octanol–water partition coefficient (Wildman–Crippen LogP) is 0.0404. The Morgan fingerprint density at radius 2 is 1.22 bits per heavy atom. The van der Waals surface area contributed by atoms with Crippen LogP contribution in [0.15, 0.2) is 35.5 Å². The number of benzene rings is 1. The van der Waals surface area contributed by atoms with Gasteiger partial charge in [0.1, 0.15) is 21.0 Å². The van der Waals surface area contributed by atoms with Gasteiger partial charge in [-0.1, -0.05) is 88.6 Å². The average molecular weight is 547 g/mol. The van der Waals surface area contributed by atoms with Crippen LogP contribution in [0.3, 0.4) is 0 Å². The molecule has 0 radical (unpaired) electrons. The van der Waals surface area contributed by atoms with Gasteiger partial charge in [0.2, 0.25) is 0 Å². The number of allylic oxidation sites excluding steroid dienone is 2. The Morgan fingerprint density at radius 1 is 0.750 bits per heavy atom. The third-order valence-electron chi connectivity index (χ3n) is 6.38. The van der Waals surface area contributed by atoms with E-state index in [-0.39, 0.29) is 0 Å². The molecule has 0 fully saturated rings. The fraction of sp³-hybridized carbons (Fsp3) is 0.619. The van der Waals surface area contributed by atoms with Crippen molar-refractivity contribution in [3.8, 4) is 0 Å². The molecule has 0 aromatic heterocycles. The molecule has 1 aromatic rings. The van der Waals surface area contributed by atoms with E-state index in [1.54, 1.807) is 0 Å². The Hall–Kier alpha value is 0.0613. The molecule has 11 heteroatoms. The summed E-state index contributed by atoms with van der Waals surface area (Å²) in [5.74, 6) is 0. The van der Waals surface area contributed by atoms with Gasteiger partial charge in [0.15, 0.2) is 31.5 Å². The molecule has 5 nitrogen and oxygen atoms in total. The van der Waals surface area contributed by atoms with Crippen LogP contribution in [-0.4, -0.2) is 66.6 Å². The second kappa shape index (κ2) is 16.6. The van der Waals surface area contributed by atoms with Gasteiger partial charge in [-0.05, 0) is 36.1 Å². The number of hydrogen-bond donors (Lipinski definition) is 0. The van der Waals surface area contributed by atoms with Crippen molar-refractivity contribution >= 4 is 66.6 Å². The third-order valence-corrected chi connectivity index (χ3v) is 16.5. The molecule has 0 aliphatic heterocycles. The Morgan fingerprint density at radius 3 is 1.66 bits per heavy atom. The molecule has 0 amide bonds. The first-order chi connectivity index (χ1) is 15.5. The molecule has 0 saturated heterocycles. The van der Waals surface area contributed by atoms with E-state index in [0.29, 0.717) is 52.4 Å². The minimum atomic E-state index is -3.03. The fourth-order valence-corrected chi connectivity index (χ4v) is 17.5. The summed E-state index contributed by atoms with van der Waals surface area (Å²) >= 11 is 0. The lowest BCUT2D eigenvalue weighted by Crippen LogP contribution is -2.67. The maximum Gasteiger partial charge on any atom is 0.443 e. The zero-order valence-corrected chi connectivity index (χ0v) is 32.5. The highest BCUT2D eigenvalue weighted by Gasteiger charge is 2.61. The summed E-state index contributed by atoms with van der Waals surface area (Å²) in [5, 5.41) is 1.15. The Labute approximate surface area is 212 Å². The van der Waals surface area contributed by atoms with E-state index in [2.05, 4.69) is 44.2 Å². The second-order valence-electron chi connectivity index (χ2n) is 8.24. The van der Waals surface area contributed by atoms with Crippen molar-refractivity contribution in [2.45, 2.75) is 83.7 Å². The van der Waals surface area contributed by atoms with E-state index >= 15 is 0 Å². The lowest BCUT2D eigenvalue weighted by atomic mass is 9.98. The molecule has 1 aromatic carbocycles. The highest BCUT2D eigenvalue weighted by Crippen LogP contribution is 2.38. The first-order valence-corrected chi connectivity index (χ1v) is 17.9. The fourth-order valence-electron chi connectivity index (χ4n) is 4.52. The van der Waals surface area contributed by atoms with Crippen molar-refractivity contribution in [2.75, 3.05) is 0 Å². The monoisotopic (exact) mass is 546 g/mol. The first-order valence-electron chi connectivity index (χ1n) is 12.0. The van der Waals surface area contributed by atoms with Crippen LogP contribution < -0.4 is 0 Å². The highest BCUT2D eigenvalue weighted by atomic mass is 28.4. The van der Waals surface area contributed by atoms with E-state index in [4.69, 9.17) is 21.5 Å². The van der Waals surface area contributed by atoms with Crippen molar-refractivity contribution < 1.29 is 21.5 Å². The van der Waals surface area contributed by atoms with Gasteiger partial charge < -0.3 is 21.5 Å². The van der Waals surface area contributed by atoms with Gasteiger partial charge in [-0.3, -0.25) is 0 Å². The topological polar surface area (TPSA) is 46.2 Å². The summed E-state index contributed by atoms with van der Waals surface area (Å²) in [6.45, 7) is 4.44. The van der Waals surface area contributed by atoms with Gasteiger partial charge in [-0.2, -0.15) is 0 Å². The minimum absolute atomic E-state index is 0.499. The minimum Gasteiger partial charge on any atom is -0.437 e. The summed E-state index contributed by atoms with van der Waals surface area (Å²) in [5.41, 5.74) is 1.40. The summed E-state index contributed by atoms with van der Waals surface area (Å²) < 4.78 is 30.5. The van der Waals surface area contributed by atoms with Crippen LogP contribution >= 0.6 is 0 Å². The summed E-state index contributed by atoms with van der Waals surface area (Å²) in [4.78, 5) is 0. The molecular weight excluding hydrogens is 501 g/mol. The highest BCUT2D eigenvalue weighted by molar-refractivity contribution is 6.82. The van der Waals surface area contributed by atoms with Gasteiger partial charge >= 0.3 is 8.56 Å². The zero-order valence-electron chi connectivity index (χ0n) is 21.5. The number of hydrogen-bond acceptors (Lipinski definition) is 5. The van der Waals surface area contributed by atoms with Crippen molar-refractivity contribution in [3.05, 3.63) is 41.1 Å². The normalized spacial score (nSPS) is 16.8. The van der Waals surface area contributed by atoms with Crippen LogP contribution in [0.1, 0.15) is 83.6 Å². The van der Waals surface area contributed by atoms with Gasteiger partial charge in [-0.25, -0.2) is 0 Å². The number of unbranched alkanes of at least 4 members (excludes halogenated alkanes) is 8. The third kappa shape index (κ3) is 7.80. The summed E-state index contributed by atoms with van der Waals surface area (Å²) in [6.07, 6.45) is 12.9. The molecule has 0 aliphatic carbocycles. The molecule has 32 heavy (non-hydrogen) atoms. The second-order valence-corrected chi connectivity index (χ2v) is 15.3. The molecule has 1 rings (SSSR count). The molecule has 0 bridgehead atoms. The smallest absolute Gasteiger partial charge is 0.437 e. The zero-order chi connectivity index (χ0) is 23.9. The standard InChI is InChI=1S/C21H46O5Si6/c1-3-4-5-6-7-8-9-10-14-17-20(19-15-12-11-13-16-19)18(2)32(25-30,26-31)21(22-27,23-28)24-29/h11-13,15-16H,3-10,14,17H2,1-2,27-31H3. The van der Waals surface area contributed by atoms with Crippen LogP contribution in [0.5, 0.6) is 0 Å². The molecule has 0 saturated carbocycles. The van der Waals surface area contributed by atoms with Gasteiger partial charge in [0.25, 0.3) is 5.60 Å². The molecule has 0 heterocycles. The molecule has 0 spiro atoms. The average Bonchev–Trinajstić information content (AvgIpc) is 2.84. The molecule has 0 atom stereocenters.